The molecule has 0 aliphatic carbocycles. The first kappa shape index (κ1) is 40.1. The van der Waals surface area contributed by atoms with Crippen molar-refractivity contribution >= 4 is 21.5 Å². The van der Waals surface area contributed by atoms with Gasteiger partial charge in [0, 0.05) is 5.56 Å². The van der Waals surface area contributed by atoms with E-state index in [-0.39, 0.29) is 18.3 Å². The van der Waals surface area contributed by atoms with Gasteiger partial charge in [-0.25, -0.2) is 0 Å². The molecule has 7 heteroatoms. The molecule has 0 bridgehead atoms. The Morgan fingerprint density at radius 3 is 1.91 bits per heavy atom. The van der Waals surface area contributed by atoms with E-state index in [9.17, 15) is 0 Å². The van der Waals surface area contributed by atoms with Gasteiger partial charge in [0.1, 0.15) is 66.9 Å². The molecular weight excluding hydrogens is 677 g/mol. The fraction of sp³-hybridized carbons (Fsp3) is 0.319. The van der Waals surface area contributed by atoms with Crippen molar-refractivity contribution in [3.05, 3.63) is 139 Å². The standard InChI is InChI=1S/C43H42O7.2C2H6/c1-5-28(6-2)33(18-34(7-3)44-22-38-24-46-38)19-35(8-4)50-37-15-12-30-13-16-42(49-27-40-26-48-40)43(41(30)21-37)31-10-9-29-11-14-36(20-32(29)17-31)45-23-39-25-47-39;2*1-2/h5-21,38-40H,1,4,22-27H2,2-3H3;2*1-2H3/b28-6-,33-18-,34-7+,35-19+;;. The number of benzene rings is 4. The van der Waals surface area contributed by atoms with Gasteiger partial charge in [-0.05, 0) is 113 Å². The van der Waals surface area contributed by atoms with Crippen LogP contribution in [0.5, 0.6) is 17.2 Å². The number of hydrogen-bond donors (Lipinski definition) is 0. The number of ether oxygens (including phenoxy) is 7. The highest BCUT2D eigenvalue weighted by atomic mass is 16.6. The van der Waals surface area contributed by atoms with Gasteiger partial charge in [-0.2, -0.15) is 0 Å². The van der Waals surface area contributed by atoms with Crippen molar-refractivity contribution in [2.24, 2.45) is 0 Å². The molecule has 0 saturated carbocycles. The van der Waals surface area contributed by atoms with E-state index in [1.165, 1.54) is 0 Å². The summed E-state index contributed by atoms with van der Waals surface area (Å²) in [7, 11) is 0. The van der Waals surface area contributed by atoms with Gasteiger partial charge in [0.05, 0.1) is 19.8 Å². The summed E-state index contributed by atoms with van der Waals surface area (Å²) in [5.41, 5.74) is 3.83. The zero-order valence-corrected chi connectivity index (χ0v) is 32.6. The topological polar surface area (TPSA) is 74.5 Å². The number of allylic oxidation sites excluding steroid dienone is 8. The molecule has 284 valence electrons. The van der Waals surface area contributed by atoms with Crippen LogP contribution in [-0.2, 0) is 18.9 Å². The number of hydrogen-bond acceptors (Lipinski definition) is 7. The molecule has 54 heavy (non-hydrogen) atoms. The summed E-state index contributed by atoms with van der Waals surface area (Å²) in [6, 6.07) is 22.9. The maximum absolute atomic E-state index is 6.51. The van der Waals surface area contributed by atoms with Crippen LogP contribution in [0.25, 0.3) is 32.7 Å². The Morgan fingerprint density at radius 2 is 1.26 bits per heavy atom. The number of rotatable bonds is 17. The van der Waals surface area contributed by atoms with Crippen molar-refractivity contribution in [3.63, 3.8) is 0 Å². The summed E-state index contributed by atoms with van der Waals surface area (Å²) < 4.78 is 41.0. The average Bonchev–Trinajstić information content (AvgIpc) is 4.06. The van der Waals surface area contributed by atoms with Crippen molar-refractivity contribution in [2.75, 3.05) is 39.6 Å². The number of fused-ring (bicyclic) bond motifs is 2. The summed E-state index contributed by atoms with van der Waals surface area (Å²) in [5.74, 6) is 3.58. The fourth-order valence-corrected chi connectivity index (χ4v) is 5.68. The first-order valence-electron chi connectivity index (χ1n) is 19.1. The SMILES string of the molecule is C=CC(=C/C)/C(=C\C(=C/C)OCC1CO1)/C=C(\C=C)Oc1ccc2ccc(OCC3CO3)c(-c3ccc4ccc(OCC5CO5)cc4c3)c2c1.CC.CC. The summed E-state index contributed by atoms with van der Waals surface area (Å²) in [5, 5.41) is 4.26. The lowest BCUT2D eigenvalue weighted by molar-refractivity contribution is 0.192. The number of epoxide rings is 3. The molecule has 0 amide bonds. The van der Waals surface area contributed by atoms with Crippen molar-refractivity contribution in [2.45, 2.75) is 59.9 Å². The first-order chi connectivity index (χ1) is 26.5. The minimum absolute atomic E-state index is 0.121. The summed E-state index contributed by atoms with van der Waals surface area (Å²) in [4.78, 5) is 0. The lowest BCUT2D eigenvalue weighted by atomic mass is 9.95. The van der Waals surface area contributed by atoms with Crippen molar-refractivity contribution in [1.82, 2.24) is 0 Å². The molecule has 0 N–H and O–H groups in total. The molecule has 0 spiro atoms. The predicted octanol–water partition coefficient (Wildman–Crippen LogP) is 11.1. The summed E-state index contributed by atoms with van der Waals surface area (Å²) >= 11 is 0. The Kier molecular flexibility index (Phi) is 14.7. The molecule has 3 fully saturated rings. The minimum Gasteiger partial charge on any atom is -0.491 e. The summed E-state index contributed by atoms with van der Waals surface area (Å²) in [6.07, 6.45) is 11.9. The van der Waals surface area contributed by atoms with E-state index in [1.807, 2.05) is 90.1 Å². The third-order valence-corrected chi connectivity index (χ3v) is 8.74. The molecule has 0 radical (unpaired) electrons. The van der Waals surface area contributed by atoms with E-state index in [1.54, 1.807) is 6.08 Å². The smallest absolute Gasteiger partial charge is 0.128 e. The highest BCUT2D eigenvalue weighted by molar-refractivity contribution is 6.02. The lowest BCUT2D eigenvalue weighted by Crippen LogP contribution is -2.05. The molecular formula is C47H54O7. The molecule has 3 aliphatic rings. The fourth-order valence-electron chi connectivity index (χ4n) is 5.68. The Morgan fingerprint density at radius 1 is 0.630 bits per heavy atom. The Labute approximate surface area is 320 Å². The molecule has 3 atom stereocenters. The van der Waals surface area contributed by atoms with Crippen LogP contribution >= 0.6 is 0 Å². The van der Waals surface area contributed by atoms with Crippen LogP contribution in [0.2, 0.25) is 0 Å². The minimum atomic E-state index is 0.121. The highest BCUT2D eigenvalue weighted by Crippen LogP contribution is 2.41. The molecule has 0 aromatic heterocycles. The van der Waals surface area contributed by atoms with E-state index in [0.29, 0.717) is 31.3 Å². The normalized spacial score (nSPS) is 19.1. The van der Waals surface area contributed by atoms with Crippen molar-refractivity contribution in [3.8, 4) is 28.4 Å². The van der Waals surface area contributed by atoms with Gasteiger partial charge < -0.3 is 33.2 Å². The maximum atomic E-state index is 6.51. The van der Waals surface area contributed by atoms with E-state index < -0.39 is 0 Å². The third-order valence-electron chi connectivity index (χ3n) is 8.74. The third kappa shape index (κ3) is 11.0. The molecule has 4 aromatic carbocycles. The predicted molar refractivity (Wildman–Crippen MR) is 220 cm³/mol. The van der Waals surface area contributed by atoms with Crippen LogP contribution in [-0.4, -0.2) is 58.0 Å². The van der Waals surface area contributed by atoms with Gasteiger partial charge >= 0.3 is 0 Å². The van der Waals surface area contributed by atoms with Crippen molar-refractivity contribution in [1.29, 1.82) is 0 Å². The highest BCUT2D eigenvalue weighted by Gasteiger charge is 2.25. The van der Waals surface area contributed by atoms with Gasteiger partial charge in [0.2, 0.25) is 0 Å². The molecule has 3 saturated heterocycles. The Bertz CT molecular complexity index is 2020. The zero-order chi connectivity index (χ0) is 38.5. The molecule has 3 heterocycles. The van der Waals surface area contributed by atoms with Crippen LogP contribution in [0.15, 0.2) is 139 Å². The van der Waals surface area contributed by atoms with Gasteiger partial charge in [-0.3, -0.25) is 0 Å². The maximum Gasteiger partial charge on any atom is 0.128 e. The molecule has 7 nitrogen and oxygen atoms in total. The van der Waals surface area contributed by atoms with Crippen LogP contribution in [0.1, 0.15) is 41.5 Å². The van der Waals surface area contributed by atoms with E-state index in [2.05, 4.69) is 61.7 Å². The lowest BCUT2D eigenvalue weighted by Gasteiger charge is -2.17. The second-order valence-electron chi connectivity index (χ2n) is 12.4. The monoisotopic (exact) mass is 730 g/mol. The average molecular weight is 731 g/mol. The van der Waals surface area contributed by atoms with Crippen LogP contribution in [0.3, 0.4) is 0 Å². The first-order valence-corrected chi connectivity index (χ1v) is 19.1. The van der Waals surface area contributed by atoms with Gasteiger partial charge in [-0.1, -0.05) is 83.3 Å². The van der Waals surface area contributed by atoms with Crippen LogP contribution < -0.4 is 14.2 Å². The largest absolute Gasteiger partial charge is 0.491 e. The second-order valence-corrected chi connectivity index (χ2v) is 12.4. The second kappa shape index (κ2) is 19.8. The summed E-state index contributed by atoms with van der Waals surface area (Å²) in [6.45, 7) is 23.8. The van der Waals surface area contributed by atoms with Crippen LogP contribution in [0.4, 0.5) is 0 Å². The van der Waals surface area contributed by atoms with Crippen LogP contribution in [0, 0.1) is 0 Å². The molecule has 7 rings (SSSR count). The molecule has 3 aliphatic heterocycles. The van der Waals surface area contributed by atoms with Gasteiger partial charge in [-0.15, -0.1) is 0 Å². The Hall–Kier alpha value is -5.08. The molecule has 3 unspecified atom stereocenters. The quantitative estimate of drug-likeness (QED) is 0.0608. The van der Waals surface area contributed by atoms with E-state index >= 15 is 0 Å². The zero-order valence-electron chi connectivity index (χ0n) is 32.6. The van der Waals surface area contributed by atoms with Crippen molar-refractivity contribution < 1.29 is 33.2 Å². The van der Waals surface area contributed by atoms with E-state index in [0.717, 1.165) is 80.9 Å². The van der Waals surface area contributed by atoms with Gasteiger partial charge in [0.15, 0.2) is 0 Å². The Balaban J connectivity index is 0.00000136. The molecule has 4 aromatic rings. The van der Waals surface area contributed by atoms with E-state index in [4.69, 9.17) is 33.2 Å². The van der Waals surface area contributed by atoms with Gasteiger partial charge in [0.25, 0.3) is 0 Å².